The Kier molecular flexibility index (Phi) is 5.20. The molecule has 0 saturated heterocycles. The van der Waals surface area contributed by atoms with Crippen LogP contribution in [0.5, 0.6) is 5.75 Å². The van der Waals surface area contributed by atoms with Crippen molar-refractivity contribution in [2.75, 3.05) is 5.32 Å². The number of amides is 2. The molecule has 7 nitrogen and oxygen atoms in total. The Labute approximate surface area is 136 Å². The third-order valence-corrected chi connectivity index (χ3v) is 2.84. The van der Waals surface area contributed by atoms with E-state index < -0.39 is 0 Å². The molecule has 0 fully saturated rings. The van der Waals surface area contributed by atoms with Crippen LogP contribution < -0.4 is 15.4 Å². The lowest BCUT2D eigenvalue weighted by atomic mass is 10.2. The van der Waals surface area contributed by atoms with Crippen LogP contribution in [0.15, 0.2) is 36.9 Å². The number of carbonyl (C=O) groups excluding carboxylic acids is 1. The molecule has 0 aliphatic carbocycles. The van der Waals surface area contributed by atoms with Gasteiger partial charge >= 0.3 is 6.03 Å². The van der Waals surface area contributed by atoms with Crippen LogP contribution in [0.25, 0.3) is 0 Å². The van der Waals surface area contributed by atoms with E-state index >= 15 is 0 Å². The predicted octanol–water partition coefficient (Wildman–Crippen LogP) is 2.67. The summed E-state index contributed by atoms with van der Waals surface area (Å²) in [6, 6.07) is 6.95. The third kappa shape index (κ3) is 5.98. The fraction of sp³-hybridized carbons (Fsp3) is 0.438. The van der Waals surface area contributed by atoms with Crippen LogP contribution in [0.3, 0.4) is 0 Å². The van der Waals surface area contributed by atoms with E-state index in [0.29, 0.717) is 12.2 Å². The SMILES string of the molecule is C[C@H](Cn1cncn1)NC(=O)Nc1ccc(OC(C)(C)C)cc1. The van der Waals surface area contributed by atoms with Gasteiger partial charge in [-0.1, -0.05) is 0 Å². The van der Waals surface area contributed by atoms with Gasteiger partial charge in [-0.05, 0) is 52.0 Å². The molecule has 7 heteroatoms. The van der Waals surface area contributed by atoms with Gasteiger partial charge in [-0.3, -0.25) is 4.68 Å². The Morgan fingerprint density at radius 3 is 2.57 bits per heavy atom. The average molecular weight is 317 g/mol. The first-order chi connectivity index (χ1) is 10.8. The lowest BCUT2D eigenvalue weighted by Gasteiger charge is -2.21. The smallest absolute Gasteiger partial charge is 0.319 e. The number of aromatic nitrogens is 3. The van der Waals surface area contributed by atoms with Crippen molar-refractivity contribution in [1.82, 2.24) is 20.1 Å². The number of hydrogen-bond acceptors (Lipinski definition) is 4. The number of urea groups is 1. The maximum Gasteiger partial charge on any atom is 0.319 e. The van der Waals surface area contributed by atoms with Crippen molar-refractivity contribution in [2.45, 2.75) is 45.9 Å². The summed E-state index contributed by atoms with van der Waals surface area (Å²) in [5, 5.41) is 9.65. The zero-order chi connectivity index (χ0) is 16.9. The quantitative estimate of drug-likeness (QED) is 0.888. The Hall–Kier alpha value is -2.57. The van der Waals surface area contributed by atoms with Gasteiger partial charge in [0.1, 0.15) is 24.0 Å². The summed E-state index contributed by atoms with van der Waals surface area (Å²) in [5.41, 5.74) is 0.458. The summed E-state index contributed by atoms with van der Waals surface area (Å²) in [7, 11) is 0. The molecule has 1 aromatic heterocycles. The fourth-order valence-electron chi connectivity index (χ4n) is 2.00. The molecule has 1 atom stereocenters. The highest BCUT2D eigenvalue weighted by Gasteiger charge is 2.12. The zero-order valence-corrected chi connectivity index (χ0v) is 13.9. The molecular weight excluding hydrogens is 294 g/mol. The van der Waals surface area contributed by atoms with Gasteiger partial charge in [0.25, 0.3) is 0 Å². The molecule has 1 aromatic carbocycles. The molecule has 124 valence electrons. The monoisotopic (exact) mass is 317 g/mol. The van der Waals surface area contributed by atoms with Crippen molar-refractivity contribution in [2.24, 2.45) is 0 Å². The first-order valence-corrected chi connectivity index (χ1v) is 7.51. The Bertz CT molecular complexity index is 617. The predicted molar refractivity (Wildman–Crippen MR) is 88.5 cm³/mol. The van der Waals surface area contributed by atoms with Gasteiger partial charge in [-0.25, -0.2) is 9.78 Å². The maximum atomic E-state index is 12.0. The minimum absolute atomic E-state index is 0.0693. The van der Waals surface area contributed by atoms with Gasteiger partial charge in [-0.2, -0.15) is 5.10 Å². The van der Waals surface area contributed by atoms with Crippen LogP contribution in [0.1, 0.15) is 27.7 Å². The average Bonchev–Trinajstić information content (AvgIpc) is 2.91. The lowest BCUT2D eigenvalue weighted by Crippen LogP contribution is -2.38. The molecule has 0 aliphatic rings. The van der Waals surface area contributed by atoms with Gasteiger partial charge in [0.2, 0.25) is 0 Å². The van der Waals surface area contributed by atoms with Crippen LogP contribution in [0.4, 0.5) is 10.5 Å². The first kappa shape index (κ1) is 16.8. The van der Waals surface area contributed by atoms with Crippen LogP contribution in [0, 0.1) is 0 Å². The fourth-order valence-corrected chi connectivity index (χ4v) is 2.00. The summed E-state index contributed by atoms with van der Waals surface area (Å²) < 4.78 is 7.41. The highest BCUT2D eigenvalue weighted by Crippen LogP contribution is 2.20. The largest absolute Gasteiger partial charge is 0.488 e. The van der Waals surface area contributed by atoms with E-state index in [1.807, 2.05) is 52.0 Å². The summed E-state index contributed by atoms with van der Waals surface area (Å²) in [5.74, 6) is 0.767. The minimum atomic E-state index is -0.262. The van der Waals surface area contributed by atoms with Gasteiger partial charge in [0, 0.05) is 11.7 Å². The van der Waals surface area contributed by atoms with Crippen molar-refractivity contribution in [3.05, 3.63) is 36.9 Å². The molecular formula is C16H23N5O2. The first-order valence-electron chi connectivity index (χ1n) is 7.51. The molecule has 0 radical (unpaired) electrons. The van der Waals surface area contributed by atoms with E-state index in [0.717, 1.165) is 5.75 Å². The maximum absolute atomic E-state index is 12.0. The summed E-state index contributed by atoms with van der Waals surface area (Å²) in [6.45, 7) is 8.43. The van der Waals surface area contributed by atoms with E-state index in [9.17, 15) is 4.79 Å². The number of nitrogens with one attached hydrogen (secondary N) is 2. The molecule has 2 rings (SSSR count). The number of nitrogens with zero attached hydrogens (tertiary/aromatic N) is 3. The van der Waals surface area contributed by atoms with Gasteiger partial charge in [0.15, 0.2) is 0 Å². The van der Waals surface area contributed by atoms with E-state index in [4.69, 9.17) is 4.74 Å². The topological polar surface area (TPSA) is 81.1 Å². The zero-order valence-electron chi connectivity index (χ0n) is 13.9. The molecule has 0 unspecified atom stereocenters. The van der Waals surface area contributed by atoms with Crippen molar-refractivity contribution in [1.29, 1.82) is 0 Å². The van der Waals surface area contributed by atoms with Crippen molar-refractivity contribution in [3.8, 4) is 5.75 Å². The van der Waals surface area contributed by atoms with Crippen LogP contribution in [-0.4, -0.2) is 32.4 Å². The normalized spacial score (nSPS) is 12.5. The Morgan fingerprint density at radius 1 is 1.30 bits per heavy atom. The van der Waals surface area contributed by atoms with E-state index in [2.05, 4.69) is 20.7 Å². The molecule has 1 heterocycles. The van der Waals surface area contributed by atoms with Crippen LogP contribution in [0.2, 0.25) is 0 Å². The number of ether oxygens (including phenoxy) is 1. The summed E-state index contributed by atoms with van der Waals surface area (Å²) in [4.78, 5) is 15.8. The Balaban J connectivity index is 1.82. The number of carbonyl (C=O) groups is 1. The van der Waals surface area contributed by atoms with E-state index in [1.165, 1.54) is 6.33 Å². The number of rotatable bonds is 5. The number of benzene rings is 1. The standard InChI is InChI=1S/C16H23N5O2/c1-12(9-21-11-17-10-18-21)19-15(22)20-13-5-7-14(8-6-13)23-16(2,3)4/h5-8,10-12H,9H2,1-4H3,(H2,19,20,22)/t12-/m1/s1. The Morgan fingerprint density at radius 2 is 2.00 bits per heavy atom. The summed E-state index contributed by atoms with van der Waals surface area (Å²) in [6.07, 6.45) is 3.08. The van der Waals surface area contributed by atoms with Crippen LogP contribution >= 0.6 is 0 Å². The number of anilines is 1. The second-order valence-electron chi connectivity index (χ2n) is 6.36. The van der Waals surface area contributed by atoms with Gasteiger partial charge < -0.3 is 15.4 Å². The molecule has 2 amide bonds. The molecule has 2 N–H and O–H groups in total. The molecule has 2 aromatic rings. The van der Waals surface area contributed by atoms with Crippen LogP contribution in [-0.2, 0) is 6.54 Å². The third-order valence-electron chi connectivity index (χ3n) is 2.84. The van der Waals surface area contributed by atoms with Gasteiger partial charge in [0.05, 0.1) is 6.54 Å². The minimum Gasteiger partial charge on any atom is -0.488 e. The summed E-state index contributed by atoms with van der Waals surface area (Å²) >= 11 is 0. The number of hydrogen-bond donors (Lipinski definition) is 2. The highest BCUT2D eigenvalue weighted by atomic mass is 16.5. The van der Waals surface area contributed by atoms with Crippen molar-refractivity contribution >= 4 is 11.7 Å². The van der Waals surface area contributed by atoms with E-state index in [-0.39, 0.29) is 17.7 Å². The molecule has 23 heavy (non-hydrogen) atoms. The molecule has 0 saturated carbocycles. The highest BCUT2D eigenvalue weighted by molar-refractivity contribution is 5.89. The second kappa shape index (κ2) is 7.13. The van der Waals surface area contributed by atoms with Crippen molar-refractivity contribution < 1.29 is 9.53 Å². The molecule has 0 aliphatic heterocycles. The lowest BCUT2D eigenvalue weighted by molar-refractivity contribution is 0.131. The molecule has 0 spiro atoms. The molecule has 0 bridgehead atoms. The van der Waals surface area contributed by atoms with Crippen molar-refractivity contribution in [3.63, 3.8) is 0 Å². The van der Waals surface area contributed by atoms with Gasteiger partial charge in [-0.15, -0.1) is 0 Å². The van der Waals surface area contributed by atoms with E-state index in [1.54, 1.807) is 11.0 Å². The second-order valence-corrected chi connectivity index (χ2v) is 6.36.